The molecule has 9 aromatic carbocycles. The van der Waals surface area contributed by atoms with Gasteiger partial charge >= 0.3 is 0 Å². The van der Waals surface area contributed by atoms with Crippen LogP contribution in [0.25, 0.3) is 75.1 Å². The van der Waals surface area contributed by atoms with Gasteiger partial charge in [-0.2, -0.15) is 0 Å². The minimum Gasteiger partial charge on any atom is -0.310 e. The van der Waals surface area contributed by atoms with Crippen LogP contribution in [0.4, 0.5) is 17.1 Å². The van der Waals surface area contributed by atoms with Gasteiger partial charge in [-0.25, -0.2) is 0 Å². The van der Waals surface area contributed by atoms with Crippen LogP contribution in [0.1, 0.15) is 25.0 Å². The summed E-state index contributed by atoms with van der Waals surface area (Å²) in [6.07, 6.45) is 0. The zero-order chi connectivity index (χ0) is 36.7. The molecule has 0 spiro atoms. The monoisotopic (exact) mass is 719 g/mol. The SMILES string of the molecule is CC1(C)c2ccccc2-c2ccc(N(c3ccc(-c4ccc5c(c4)sc4ccc6ccccc6c45)cc3)c3ccccc3-c3ccc4ccccc4c3)cc21. The van der Waals surface area contributed by atoms with E-state index in [2.05, 4.69) is 207 Å². The van der Waals surface area contributed by atoms with E-state index < -0.39 is 0 Å². The average molecular weight is 720 g/mol. The Hall–Kier alpha value is -6.48. The largest absolute Gasteiger partial charge is 0.310 e. The van der Waals surface area contributed by atoms with E-state index in [1.165, 1.54) is 86.2 Å². The second kappa shape index (κ2) is 12.3. The van der Waals surface area contributed by atoms with E-state index in [4.69, 9.17) is 0 Å². The Balaban J connectivity index is 1.05. The third kappa shape index (κ3) is 5.06. The molecule has 11 rings (SSSR count). The molecule has 1 aliphatic carbocycles. The van der Waals surface area contributed by atoms with Crippen LogP contribution in [-0.2, 0) is 5.41 Å². The van der Waals surface area contributed by atoms with E-state index >= 15 is 0 Å². The lowest BCUT2D eigenvalue weighted by Crippen LogP contribution is -2.16. The van der Waals surface area contributed by atoms with Gasteiger partial charge in [-0.3, -0.25) is 0 Å². The second-order valence-electron chi connectivity index (χ2n) is 15.3. The van der Waals surface area contributed by atoms with Crippen molar-refractivity contribution in [2.75, 3.05) is 4.90 Å². The van der Waals surface area contributed by atoms with Crippen molar-refractivity contribution in [2.45, 2.75) is 19.3 Å². The maximum atomic E-state index is 2.45. The number of fused-ring (bicyclic) bond motifs is 9. The van der Waals surface area contributed by atoms with Crippen molar-refractivity contribution in [2.24, 2.45) is 0 Å². The standard InChI is InChI=1S/C53H37NS/c1-53(2)47-17-9-7-16-44(47)45-29-27-41(33-48(45)53)54(49-18-10-8-14-42(49)39-20-19-34-11-3-4-13-37(34)31-39)40-25-21-35(22-26-40)38-23-28-46-51(32-38)55-50-30-24-36-12-5-6-15-43(36)52(46)50/h3-33H,1-2H3. The van der Waals surface area contributed by atoms with E-state index in [9.17, 15) is 0 Å². The Kier molecular flexibility index (Phi) is 7.14. The fraction of sp³-hybridized carbons (Fsp3) is 0.0566. The molecule has 1 aromatic heterocycles. The predicted molar refractivity (Wildman–Crippen MR) is 237 cm³/mol. The quantitative estimate of drug-likeness (QED) is 0.171. The van der Waals surface area contributed by atoms with Crippen molar-refractivity contribution in [3.05, 3.63) is 199 Å². The Bertz CT molecular complexity index is 3130. The van der Waals surface area contributed by atoms with Crippen LogP contribution in [0, 0.1) is 0 Å². The molecule has 0 fully saturated rings. The first-order chi connectivity index (χ1) is 27.0. The Morgan fingerprint density at radius 2 is 1.05 bits per heavy atom. The minimum absolute atomic E-state index is 0.104. The fourth-order valence-corrected chi connectivity index (χ4v) is 10.2. The summed E-state index contributed by atoms with van der Waals surface area (Å²) < 4.78 is 2.66. The highest BCUT2D eigenvalue weighted by Gasteiger charge is 2.36. The van der Waals surface area contributed by atoms with Gasteiger partial charge in [-0.05, 0) is 109 Å². The zero-order valence-electron chi connectivity index (χ0n) is 30.8. The van der Waals surface area contributed by atoms with Crippen molar-refractivity contribution in [1.82, 2.24) is 0 Å². The molecular weight excluding hydrogens is 683 g/mol. The molecule has 0 saturated heterocycles. The van der Waals surface area contributed by atoms with Crippen LogP contribution >= 0.6 is 11.3 Å². The molecule has 55 heavy (non-hydrogen) atoms. The lowest BCUT2D eigenvalue weighted by Gasteiger charge is -2.30. The molecule has 0 N–H and O–H groups in total. The molecule has 1 aliphatic rings. The molecule has 0 bridgehead atoms. The number of anilines is 3. The van der Waals surface area contributed by atoms with Gasteiger partial charge in [0.25, 0.3) is 0 Å². The smallest absolute Gasteiger partial charge is 0.0540 e. The molecule has 0 atom stereocenters. The Labute approximate surface area is 325 Å². The van der Waals surface area contributed by atoms with Gasteiger partial charge in [0.1, 0.15) is 0 Å². The lowest BCUT2D eigenvalue weighted by molar-refractivity contribution is 0.660. The first-order valence-electron chi connectivity index (χ1n) is 19.1. The molecule has 10 aromatic rings. The third-order valence-corrected chi connectivity index (χ3v) is 13.0. The summed E-state index contributed by atoms with van der Waals surface area (Å²) in [7, 11) is 0. The van der Waals surface area contributed by atoms with Crippen LogP contribution in [0.3, 0.4) is 0 Å². The molecule has 1 heterocycles. The van der Waals surface area contributed by atoms with Gasteiger partial charge in [0.15, 0.2) is 0 Å². The first-order valence-corrected chi connectivity index (χ1v) is 19.9. The topological polar surface area (TPSA) is 3.24 Å². The number of rotatable bonds is 5. The summed E-state index contributed by atoms with van der Waals surface area (Å²) in [6.45, 7) is 4.72. The number of thiophene rings is 1. The van der Waals surface area contributed by atoms with Gasteiger partial charge in [-0.1, -0.05) is 153 Å². The molecule has 0 unspecified atom stereocenters. The highest BCUT2D eigenvalue weighted by molar-refractivity contribution is 7.26. The fourth-order valence-electron chi connectivity index (χ4n) is 9.06. The van der Waals surface area contributed by atoms with Gasteiger partial charge < -0.3 is 4.90 Å². The van der Waals surface area contributed by atoms with Crippen LogP contribution in [0.15, 0.2) is 188 Å². The maximum Gasteiger partial charge on any atom is 0.0540 e. The predicted octanol–water partition coefficient (Wildman–Crippen LogP) is 15.5. The molecule has 2 heteroatoms. The highest BCUT2D eigenvalue weighted by Crippen LogP contribution is 2.51. The van der Waals surface area contributed by atoms with Crippen LogP contribution in [0.5, 0.6) is 0 Å². The molecular formula is C53H37NS. The van der Waals surface area contributed by atoms with Crippen LogP contribution in [-0.4, -0.2) is 0 Å². The van der Waals surface area contributed by atoms with Crippen molar-refractivity contribution in [1.29, 1.82) is 0 Å². The van der Waals surface area contributed by atoms with Gasteiger partial charge in [0.05, 0.1) is 5.69 Å². The Morgan fingerprint density at radius 1 is 0.400 bits per heavy atom. The van der Waals surface area contributed by atoms with Crippen LogP contribution < -0.4 is 4.90 Å². The van der Waals surface area contributed by atoms with Crippen molar-refractivity contribution in [3.63, 3.8) is 0 Å². The number of para-hydroxylation sites is 1. The summed E-state index contributed by atoms with van der Waals surface area (Å²) in [5.41, 5.74) is 13.6. The average Bonchev–Trinajstić information content (AvgIpc) is 3.73. The van der Waals surface area contributed by atoms with Gasteiger partial charge in [0, 0.05) is 42.5 Å². The molecule has 0 saturated carbocycles. The second-order valence-corrected chi connectivity index (χ2v) is 16.4. The Morgan fingerprint density at radius 3 is 1.93 bits per heavy atom. The van der Waals surface area contributed by atoms with Crippen LogP contribution in [0.2, 0.25) is 0 Å². The summed E-state index contributed by atoms with van der Waals surface area (Å²) in [4.78, 5) is 2.45. The van der Waals surface area contributed by atoms with Gasteiger partial charge in [-0.15, -0.1) is 11.3 Å². The number of benzene rings is 9. The van der Waals surface area contributed by atoms with Crippen molar-refractivity contribution in [3.8, 4) is 33.4 Å². The minimum atomic E-state index is -0.104. The van der Waals surface area contributed by atoms with Crippen molar-refractivity contribution >= 4 is 70.1 Å². The molecule has 0 aliphatic heterocycles. The van der Waals surface area contributed by atoms with Crippen molar-refractivity contribution < 1.29 is 0 Å². The normalized spacial score (nSPS) is 13.1. The number of hydrogen-bond acceptors (Lipinski definition) is 2. The van der Waals surface area contributed by atoms with E-state index in [-0.39, 0.29) is 5.41 Å². The van der Waals surface area contributed by atoms with E-state index in [0.717, 1.165) is 17.1 Å². The summed E-state index contributed by atoms with van der Waals surface area (Å²) in [5, 5.41) is 7.80. The summed E-state index contributed by atoms with van der Waals surface area (Å²) in [5.74, 6) is 0. The van der Waals surface area contributed by atoms with E-state index in [0.29, 0.717) is 0 Å². The lowest BCUT2D eigenvalue weighted by atomic mass is 9.82. The van der Waals surface area contributed by atoms with Gasteiger partial charge in [0.2, 0.25) is 0 Å². The zero-order valence-corrected chi connectivity index (χ0v) is 31.6. The summed E-state index contributed by atoms with van der Waals surface area (Å²) >= 11 is 1.88. The highest BCUT2D eigenvalue weighted by atomic mass is 32.1. The molecule has 260 valence electrons. The number of hydrogen-bond donors (Lipinski definition) is 0. The molecule has 0 radical (unpaired) electrons. The number of nitrogens with zero attached hydrogens (tertiary/aromatic N) is 1. The molecule has 1 nitrogen and oxygen atoms in total. The maximum absolute atomic E-state index is 2.45. The van der Waals surface area contributed by atoms with E-state index in [1.807, 2.05) is 11.3 Å². The van der Waals surface area contributed by atoms with E-state index in [1.54, 1.807) is 0 Å². The molecule has 0 amide bonds. The summed E-state index contributed by atoms with van der Waals surface area (Å²) in [6, 6.07) is 69.7. The first kappa shape index (κ1) is 32.0. The third-order valence-electron chi connectivity index (χ3n) is 11.9.